The Morgan fingerprint density at radius 3 is 1.93 bits per heavy atom. The molecule has 0 spiro atoms. The molecule has 214 valence electrons. The predicted octanol–water partition coefficient (Wildman–Crippen LogP) is 8.44. The van der Waals surface area contributed by atoms with Crippen LogP contribution in [0.5, 0.6) is 11.5 Å². The molecule has 5 heteroatoms. The van der Waals surface area contributed by atoms with Crippen LogP contribution in [0.25, 0.3) is 0 Å². The molecule has 0 radical (unpaired) electrons. The van der Waals surface area contributed by atoms with E-state index in [4.69, 9.17) is 9.47 Å². The molecule has 3 aromatic carbocycles. The van der Waals surface area contributed by atoms with Crippen molar-refractivity contribution in [2.45, 2.75) is 72.1 Å². The molecule has 0 saturated carbocycles. The summed E-state index contributed by atoms with van der Waals surface area (Å²) in [7, 11) is 3.99. The summed E-state index contributed by atoms with van der Waals surface area (Å²) in [4.78, 5) is 13.6. The van der Waals surface area contributed by atoms with E-state index in [1.54, 1.807) is 7.11 Å². The minimum absolute atomic E-state index is 0.241. The number of hydrogen-bond acceptors (Lipinski definition) is 4. The van der Waals surface area contributed by atoms with Crippen LogP contribution in [-0.4, -0.2) is 37.8 Å². The molecule has 0 aromatic heterocycles. The minimum atomic E-state index is -0.356. The average Bonchev–Trinajstić information content (AvgIpc) is 2.88. The fraction of sp³-hybridized carbons (Fsp3) is 0.457. The van der Waals surface area contributed by atoms with Crippen LogP contribution in [0.2, 0.25) is 0 Å². The summed E-state index contributed by atoms with van der Waals surface area (Å²) >= 11 is 0. The van der Waals surface area contributed by atoms with E-state index >= 15 is 0 Å². The van der Waals surface area contributed by atoms with Gasteiger partial charge in [0.2, 0.25) is 0 Å². The lowest BCUT2D eigenvalue weighted by atomic mass is 9.79. The third kappa shape index (κ3) is 6.36. The van der Waals surface area contributed by atoms with Gasteiger partial charge in [-0.05, 0) is 72.2 Å². The highest BCUT2D eigenvalue weighted by molar-refractivity contribution is 5.92. The maximum absolute atomic E-state index is 13.6. The molecule has 5 nitrogen and oxygen atoms in total. The molecule has 40 heavy (non-hydrogen) atoms. The molecule has 0 N–H and O–H groups in total. The zero-order valence-electron chi connectivity index (χ0n) is 25.9. The highest BCUT2D eigenvalue weighted by atomic mass is 16.5. The number of esters is 1. The quantitative estimate of drug-likeness (QED) is 0.178. The van der Waals surface area contributed by atoms with E-state index in [9.17, 15) is 4.79 Å². The Morgan fingerprint density at radius 1 is 0.875 bits per heavy atom. The van der Waals surface area contributed by atoms with Gasteiger partial charge in [0.1, 0.15) is 24.6 Å². The van der Waals surface area contributed by atoms with Crippen LogP contribution in [-0.2, 0) is 10.8 Å². The van der Waals surface area contributed by atoms with E-state index in [1.165, 1.54) is 12.8 Å². The monoisotopic (exact) mass is 543 g/mol. The van der Waals surface area contributed by atoms with Crippen molar-refractivity contribution >= 4 is 17.3 Å². The summed E-state index contributed by atoms with van der Waals surface area (Å²) in [5, 5.41) is 2.41. The summed E-state index contributed by atoms with van der Waals surface area (Å²) in [6.45, 7) is 17.3. The number of carbonyl (C=O) groups excluding carboxylic acids is 1. The summed E-state index contributed by atoms with van der Waals surface area (Å²) in [6, 6.07) is 22.4. The molecular formula is C35H47N2O3+. The number of nitrogens with zero attached hydrogens (tertiary/aromatic N) is 2. The molecule has 1 heterocycles. The minimum Gasteiger partial charge on any atom is -0.497 e. The van der Waals surface area contributed by atoms with Gasteiger partial charge in [-0.3, -0.25) is 0 Å². The first-order chi connectivity index (χ1) is 18.7. The molecule has 3 aromatic rings. The zero-order chi connectivity index (χ0) is 29.3. The van der Waals surface area contributed by atoms with Crippen LogP contribution in [0, 0.1) is 5.92 Å². The Kier molecular flexibility index (Phi) is 8.37. The largest absolute Gasteiger partial charge is 0.497 e. The summed E-state index contributed by atoms with van der Waals surface area (Å²) < 4.78 is 12.7. The Balaban J connectivity index is 1.70. The van der Waals surface area contributed by atoms with Crippen molar-refractivity contribution in [3.05, 3.63) is 83.4 Å². The highest BCUT2D eigenvalue weighted by Crippen LogP contribution is 2.43. The second-order valence-corrected chi connectivity index (χ2v) is 13.6. The zero-order valence-corrected chi connectivity index (χ0v) is 25.9. The van der Waals surface area contributed by atoms with Crippen molar-refractivity contribution in [3.8, 4) is 11.5 Å². The van der Waals surface area contributed by atoms with Crippen molar-refractivity contribution in [3.63, 3.8) is 0 Å². The Labute approximate surface area is 241 Å². The number of methoxy groups -OCH3 is 1. The van der Waals surface area contributed by atoms with Crippen LogP contribution in [0.15, 0.2) is 66.7 Å². The molecule has 1 aliphatic heterocycles. The number of likely N-dealkylation sites (tertiary alicyclic amines) is 1. The summed E-state index contributed by atoms with van der Waals surface area (Å²) in [5.74, 6) is 1.69. The third-order valence-corrected chi connectivity index (χ3v) is 7.98. The Morgan fingerprint density at radius 2 is 1.43 bits per heavy atom. The standard InChI is InChI=1S/C35H47N2O3/c1-25-14-13-21-37(8,24-25)36(27-15-11-10-12-16-27)28-19-17-26(18-20-28)33(38)40-32-30(34(2,3)4)22-29(39-9)23-31(32)35(5,6)7/h10-12,15-20,22-23,25H,13-14,21,24H2,1-9H3/q+1. The summed E-state index contributed by atoms with van der Waals surface area (Å²) in [5.41, 5.74) is 4.17. The molecule has 4 rings (SSSR count). The number of carbonyl (C=O) groups is 1. The fourth-order valence-electron chi connectivity index (χ4n) is 5.93. The average molecular weight is 544 g/mol. The van der Waals surface area contributed by atoms with Crippen molar-refractivity contribution < 1.29 is 18.9 Å². The maximum Gasteiger partial charge on any atom is 0.343 e. The van der Waals surface area contributed by atoms with Gasteiger partial charge in [0.15, 0.2) is 0 Å². The van der Waals surface area contributed by atoms with Crippen LogP contribution in [0.3, 0.4) is 0 Å². The number of quaternary nitrogens is 1. The second kappa shape index (κ2) is 11.3. The number of anilines is 2. The molecule has 2 unspecified atom stereocenters. The Bertz CT molecular complexity index is 1280. The fourth-order valence-corrected chi connectivity index (χ4v) is 5.93. The van der Waals surface area contributed by atoms with Gasteiger partial charge < -0.3 is 9.47 Å². The lowest BCUT2D eigenvalue weighted by Gasteiger charge is -2.47. The maximum atomic E-state index is 13.6. The van der Waals surface area contributed by atoms with Crippen molar-refractivity contribution in [1.82, 2.24) is 0 Å². The number of ether oxygens (including phenoxy) is 2. The van der Waals surface area contributed by atoms with Crippen LogP contribution in [0.4, 0.5) is 11.4 Å². The van der Waals surface area contributed by atoms with Gasteiger partial charge in [0.25, 0.3) is 0 Å². The predicted molar refractivity (Wildman–Crippen MR) is 165 cm³/mol. The summed E-state index contributed by atoms with van der Waals surface area (Å²) in [6.07, 6.45) is 2.46. The van der Waals surface area contributed by atoms with E-state index in [1.807, 2.05) is 24.3 Å². The van der Waals surface area contributed by atoms with Crippen LogP contribution < -0.4 is 14.5 Å². The van der Waals surface area contributed by atoms with Gasteiger partial charge >= 0.3 is 5.97 Å². The van der Waals surface area contributed by atoms with E-state index in [2.05, 4.69) is 103 Å². The van der Waals surface area contributed by atoms with Crippen LogP contribution >= 0.6 is 0 Å². The van der Waals surface area contributed by atoms with Gasteiger partial charge in [0, 0.05) is 17.0 Å². The topological polar surface area (TPSA) is 38.8 Å². The normalized spacial score (nSPS) is 19.7. The van der Waals surface area contributed by atoms with E-state index in [0.717, 1.165) is 45.9 Å². The number of para-hydroxylation sites is 1. The molecule has 0 amide bonds. The first kappa shape index (κ1) is 29.7. The molecule has 1 saturated heterocycles. The number of rotatable bonds is 6. The van der Waals surface area contributed by atoms with E-state index in [-0.39, 0.29) is 16.8 Å². The van der Waals surface area contributed by atoms with Gasteiger partial charge in [-0.15, -0.1) is 0 Å². The number of benzene rings is 3. The van der Waals surface area contributed by atoms with E-state index in [0.29, 0.717) is 17.2 Å². The first-order valence-corrected chi connectivity index (χ1v) is 14.5. The van der Waals surface area contributed by atoms with Gasteiger partial charge in [-0.2, -0.15) is 5.01 Å². The second-order valence-electron chi connectivity index (χ2n) is 13.6. The van der Waals surface area contributed by atoms with Gasteiger partial charge in [-0.25, -0.2) is 9.39 Å². The van der Waals surface area contributed by atoms with Gasteiger partial charge in [0.05, 0.1) is 31.1 Å². The van der Waals surface area contributed by atoms with Crippen LogP contribution in [0.1, 0.15) is 82.8 Å². The molecule has 0 aliphatic carbocycles. The number of piperidine rings is 1. The molecule has 2 atom stereocenters. The first-order valence-electron chi connectivity index (χ1n) is 14.5. The molecule has 1 aliphatic rings. The smallest absolute Gasteiger partial charge is 0.343 e. The number of hydrogen-bond donors (Lipinski definition) is 0. The van der Waals surface area contributed by atoms with Crippen molar-refractivity contribution in [2.24, 2.45) is 5.92 Å². The van der Waals surface area contributed by atoms with Gasteiger partial charge in [-0.1, -0.05) is 66.7 Å². The van der Waals surface area contributed by atoms with Crippen molar-refractivity contribution in [2.75, 3.05) is 32.3 Å². The molecular weight excluding hydrogens is 496 g/mol. The van der Waals surface area contributed by atoms with Crippen molar-refractivity contribution in [1.29, 1.82) is 0 Å². The SMILES string of the molecule is COc1cc(C(C)(C)C)c(OC(=O)c2ccc(N(c3ccccc3)[N+]3(C)CCCC(C)C3)cc2)c(C(C)(C)C)c1. The lowest BCUT2D eigenvalue weighted by molar-refractivity contribution is -0.920. The van der Waals surface area contributed by atoms with E-state index < -0.39 is 0 Å². The highest BCUT2D eigenvalue weighted by Gasteiger charge is 2.37. The Hall–Kier alpha value is -3.31. The lowest BCUT2D eigenvalue weighted by Crippen LogP contribution is -2.60. The third-order valence-electron chi connectivity index (χ3n) is 7.98. The molecule has 1 fully saturated rings. The molecule has 0 bridgehead atoms.